The molecule has 0 fully saturated rings. The summed E-state index contributed by atoms with van der Waals surface area (Å²) in [7, 11) is 0. The van der Waals surface area contributed by atoms with Crippen molar-refractivity contribution in [3.8, 4) is 0 Å². The predicted octanol–water partition coefficient (Wildman–Crippen LogP) is 8.77. The number of amides is 2. The average Bonchev–Trinajstić information content (AvgIpc) is 3.80. The van der Waals surface area contributed by atoms with E-state index in [1.807, 2.05) is 39.8 Å². The molecule has 6 rings (SSSR count). The molecule has 0 spiro atoms. The second-order valence-electron chi connectivity index (χ2n) is 12.5. The minimum absolute atomic E-state index is 0.128. The van der Waals surface area contributed by atoms with E-state index in [1.54, 1.807) is 60.7 Å². The van der Waals surface area contributed by atoms with Crippen LogP contribution < -0.4 is 18.4 Å². The van der Waals surface area contributed by atoms with Gasteiger partial charge in [-0.25, -0.2) is 0 Å². The van der Waals surface area contributed by atoms with Gasteiger partial charge in [-0.2, -0.15) is 0 Å². The monoisotopic (exact) mass is 698 g/mol. The molecule has 4 aromatic rings. The van der Waals surface area contributed by atoms with Gasteiger partial charge in [0, 0.05) is 0 Å². The number of hydrogen-bond donors (Lipinski definition) is 2. The quantitative estimate of drug-likeness (QED) is 0.143. The fourth-order valence-electron chi connectivity index (χ4n) is 6.55. The van der Waals surface area contributed by atoms with Gasteiger partial charge in [-0.3, -0.25) is 0 Å². The summed E-state index contributed by atoms with van der Waals surface area (Å²) in [6.45, 7) is 7.47. The van der Waals surface area contributed by atoms with Gasteiger partial charge in [0.05, 0.1) is 0 Å². The Kier molecular flexibility index (Phi) is 9.47. The van der Waals surface area contributed by atoms with E-state index >= 15 is 17.6 Å². The topological polar surface area (TPSA) is 58.2 Å². The van der Waals surface area contributed by atoms with Crippen LogP contribution in [0.25, 0.3) is 0 Å². The minimum atomic E-state index is -4.91. The summed E-state index contributed by atoms with van der Waals surface area (Å²) in [5.74, 6) is -4.84. The second-order valence-corrected chi connectivity index (χ2v) is 18.6. The molecule has 248 valence electrons. The number of rotatable bonds is 8. The number of aryl methyl sites for hydroxylation is 4. The van der Waals surface area contributed by atoms with E-state index in [9.17, 15) is 9.59 Å². The zero-order valence-corrected chi connectivity index (χ0v) is 29.0. The van der Waals surface area contributed by atoms with E-state index in [-0.39, 0.29) is 18.9 Å². The first-order chi connectivity index (χ1) is 23.4. The molecular formula is C40H34F4N2O2Ti. The molecule has 9 heteroatoms. The molecule has 2 N–H and O–H groups in total. The van der Waals surface area contributed by atoms with Gasteiger partial charge in [-0.1, -0.05) is 0 Å². The molecule has 2 aliphatic rings. The Bertz CT molecular complexity index is 2010. The maximum atomic E-state index is 17.1. The van der Waals surface area contributed by atoms with Gasteiger partial charge in [-0.05, 0) is 0 Å². The number of nitrogens with one attached hydrogen (secondary N) is 2. The van der Waals surface area contributed by atoms with Gasteiger partial charge in [0.25, 0.3) is 0 Å². The molecule has 4 nitrogen and oxygen atoms in total. The summed E-state index contributed by atoms with van der Waals surface area (Å²) in [6.07, 6.45) is 11.3. The summed E-state index contributed by atoms with van der Waals surface area (Å²) < 4.78 is 66.6. The molecule has 0 heterocycles. The van der Waals surface area contributed by atoms with E-state index in [0.717, 1.165) is 46.5 Å². The molecule has 0 saturated heterocycles. The zero-order chi connectivity index (χ0) is 35.0. The maximum absolute atomic E-state index is 17.1. The van der Waals surface area contributed by atoms with Gasteiger partial charge in [0.1, 0.15) is 0 Å². The van der Waals surface area contributed by atoms with Gasteiger partial charge in [0.2, 0.25) is 0 Å². The summed E-state index contributed by atoms with van der Waals surface area (Å²) >= 11 is -4.91. The van der Waals surface area contributed by atoms with Crippen LogP contribution in [0.15, 0.2) is 105 Å². The molecule has 0 saturated carbocycles. The van der Waals surface area contributed by atoms with Crippen molar-refractivity contribution in [2.24, 2.45) is 0 Å². The van der Waals surface area contributed by atoms with Crippen LogP contribution >= 0.6 is 0 Å². The van der Waals surface area contributed by atoms with Crippen molar-refractivity contribution in [1.82, 2.24) is 0 Å². The molecular weight excluding hydrogens is 664 g/mol. The summed E-state index contributed by atoms with van der Waals surface area (Å²) in [6, 6.07) is 13.9. The molecule has 49 heavy (non-hydrogen) atoms. The number of hydrogen-bond acceptors (Lipinski definition) is 2. The Labute approximate surface area is 286 Å². The zero-order valence-electron chi connectivity index (χ0n) is 27.5. The molecule has 4 aromatic carbocycles. The van der Waals surface area contributed by atoms with Gasteiger partial charge < -0.3 is 0 Å². The summed E-state index contributed by atoms with van der Waals surface area (Å²) in [5.41, 5.74) is 3.33. The molecule has 0 atom stereocenters. The summed E-state index contributed by atoms with van der Waals surface area (Å²) in [4.78, 5) is 26.6. The van der Waals surface area contributed by atoms with Crippen LogP contribution in [-0.2, 0) is 16.6 Å². The van der Waals surface area contributed by atoms with Crippen LogP contribution in [0, 0.1) is 51.0 Å². The molecule has 0 aromatic heterocycles. The first-order valence-corrected chi connectivity index (χ1v) is 19.0. The third-order valence-corrected chi connectivity index (χ3v) is 17.2. The predicted molar refractivity (Wildman–Crippen MR) is 183 cm³/mol. The van der Waals surface area contributed by atoms with Crippen LogP contribution in [0.2, 0.25) is 0 Å². The Morgan fingerprint density at radius 2 is 0.980 bits per heavy atom. The first-order valence-electron chi connectivity index (χ1n) is 15.9. The van der Waals surface area contributed by atoms with Crippen molar-refractivity contribution in [3.05, 3.63) is 162 Å². The van der Waals surface area contributed by atoms with Crippen LogP contribution in [0.3, 0.4) is 0 Å². The molecule has 2 aliphatic carbocycles. The number of carbonyl (C=O) groups is 2. The molecule has 0 radical (unpaired) electrons. The van der Waals surface area contributed by atoms with E-state index in [2.05, 4.69) is 10.6 Å². The van der Waals surface area contributed by atoms with Crippen molar-refractivity contribution < 1.29 is 43.7 Å². The third kappa shape index (κ3) is 6.39. The van der Waals surface area contributed by atoms with Crippen LogP contribution in [-0.4, -0.2) is 11.8 Å². The van der Waals surface area contributed by atoms with E-state index < -0.39 is 63.0 Å². The van der Waals surface area contributed by atoms with Gasteiger partial charge in [0.15, 0.2) is 0 Å². The SMILES string of the molecule is Cc1ccc(C(=O)Nc2cc(F)c[c]([Ti]([C]3=CC=CC3)([C]3=CC=CC3)[c]3cc(F)cc(NC(=O)c4ccc(C)c(C)c4)c3F)c2F)cc1C. The summed E-state index contributed by atoms with van der Waals surface area (Å²) in [5, 5.41) is 5.06. The first kappa shape index (κ1) is 34.1. The second kappa shape index (κ2) is 13.6. The van der Waals surface area contributed by atoms with Crippen molar-refractivity contribution in [2.45, 2.75) is 40.5 Å². The van der Waals surface area contributed by atoms with Crippen molar-refractivity contribution in [3.63, 3.8) is 0 Å². The van der Waals surface area contributed by atoms with E-state index in [0.29, 0.717) is 20.6 Å². The Hall–Kier alpha value is -4.79. The van der Waals surface area contributed by atoms with Crippen molar-refractivity contribution in [2.75, 3.05) is 10.6 Å². The molecule has 0 unspecified atom stereocenters. The van der Waals surface area contributed by atoms with E-state index in [4.69, 9.17) is 0 Å². The molecule has 2 amide bonds. The molecule has 0 aliphatic heterocycles. The Morgan fingerprint density at radius 1 is 0.571 bits per heavy atom. The van der Waals surface area contributed by atoms with E-state index in [1.165, 1.54) is 0 Å². The Balaban J connectivity index is 1.54. The average molecular weight is 699 g/mol. The number of benzene rings is 4. The van der Waals surface area contributed by atoms with Crippen molar-refractivity contribution >= 4 is 30.9 Å². The fourth-order valence-corrected chi connectivity index (χ4v) is 14.8. The number of halogens is 4. The van der Waals surface area contributed by atoms with Crippen LogP contribution in [0.4, 0.5) is 28.9 Å². The number of anilines is 2. The third-order valence-electron chi connectivity index (χ3n) is 9.42. The van der Waals surface area contributed by atoms with Gasteiger partial charge >= 0.3 is 287 Å². The fraction of sp³-hybridized carbons (Fsp3) is 0.150. The van der Waals surface area contributed by atoms with Crippen LogP contribution in [0.1, 0.15) is 55.8 Å². The standard InChI is InChI=1S/2C15H12F2NO.2C5H5.Ti/c2*1-9-3-4-11(7-10(9)2)15(19)18-14-8-12(16)5-6-13(14)17;2*1-2-4-5-3-1;/h2*3-5,7-8H,1-2H3,(H,18,19);2*1-3H,4H2;. The number of carbonyl (C=O) groups excluding carboxylic acids is 2. The van der Waals surface area contributed by atoms with Crippen LogP contribution in [0.5, 0.6) is 0 Å². The normalized spacial score (nSPS) is 13.8. The van der Waals surface area contributed by atoms with Gasteiger partial charge in [-0.15, -0.1) is 0 Å². The molecule has 0 bridgehead atoms. The number of allylic oxidation sites excluding steroid dienone is 8. The Morgan fingerprint density at radius 3 is 1.33 bits per heavy atom. The van der Waals surface area contributed by atoms with Crippen molar-refractivity contribution in [1.29, 1.82) is 0 Å².